The van der Waals surface area contributed by atoms with Gasteiger partial charge < -0.3 is 4.74 Å². The zero-order valence-corrected chi connectivity index (χ0v) is 10.0. The van der Waals surface area contributed by atoms with Crippen LogP contribution in [0.3, 0.4) is 0 Å². The van der Waals surface area contributed by atoms with Crippen molar-refractivity contribution in [3.8, 4) is 0 Å². The maximum atomic E-state index is 11.7. The summed E-state index contributed by atoms with van der Waals surface area (Å²) in [4.78, 5) is 23.1. The number of methoxy groups -OCH3 is 1. The van der Waals surface area contributed by atoms with Crippen LogP contribution in [-0.2, 0) is 10.6 Å². The Morgan fingerprint density at radius 1 is 1.31 bits per heavy atom. The fourth-order valence-corrected chi connectivity index (χ4v) is 1.55. The Labute approximate surface area is 99.4 Å². The van der Waals surface area contributed by atoms with Crippen LogP contribution in [0.15, 0.2) is 18.2 Å². The molecule has 1 aromatic rings. The maximum absolute atomic E-state index is 11.7. The van der Waals surface area contributed by atoms with E-state index in [1.54, 1.807) is 25.1 Å². The van der Waals surface area contributed by atoms with E-state index in [-0.39, 0.29) is 5.78 Å². The van der Waals surface area contributed by atoms with E-state index in [4.69, 9.17) is 11.6 Å². The molecule has 1 rings (SSSR count). The predicted octanol–water partition coefficient (Wildman–Crippen LogP) is 2.80. The van der Waals surface area contributed by atoms with Crippen LogP contribution >= 0.6 is 11.6 Å². The van der Waals surface area contributed by atoms with E-state index >= 15 is 0 Å². The summed E-state index contributed by atoms with van der Waals surface area (Å²) in [6.07, 6.45) is 0.343. The van der Waals surface area contributed by atoms with E-state index in [1.807, 2.05) is 0 Å². The van der Waals surface area contributed by atoms with Crippen molar-refractivity contribution in [2.45, 2.75) is 19.2 Å². The minimum Gasteiger partial charge on any atom is -0.465 e. The van der Waals surface area contributed by atoms with Gasteiger partial charge in [-0.15, -0.1) is 11.6 Å². The van der Waals surface area contributed by atoms with E-state index in [1.165, 1.54) is 7.11 Å². The van der Waals surface area contributed by atoms with Crippen molar-refractivity contribution in [2.75, 3.05) is 7.11 Å². The van der Waals surface area contributed by atoms with E-state index < -0.39 is 5.97 Å². The highest BCUT2D eigenvalue weighted by molar-refractivity contribution is 6.17. The zero-order valence-electron chi connectivity index (χ0n) is 9.25. The molecule has 0 aliphatic carbocycles. The first-order valence-corrected chi connectivity index (χ1v) is 5.47. The molecule has 0 unspecified atom stereocenters. The third kappa shape index (κ3) is 2.61. The lowest BCUT2D eigenvalue weighted by Gasteiger charge is -2.07. The Kier molecular flexibility index (Phi) is 4.50. The molecule has 0 atom stereocenters. The molecule has 4 heteroatoms. The number of benzene rings is 1. The highest BCUT2D eigenvalue weighted by atomic mass is 35.5. The number of carbonyl (C=O) groups excluding carboxylic acids is 2. The Hall–Kier alpha value is -1.35. The summed E-state index contributed by atoms with van der Waals surface area (Å²) in [6.45, 7) is 1.75. The average Bonchev–Trinajstić information content (AvgIpc) is 2.36. The Morgan fingerprint density at radius 3 is 2.50 bits per heavy atom. The smallest absolute Gasteiger partial charge is 0.338 e. The zero-order chi connectivity index (χ0) is 12.1. The normalized spacial score (nSPS) is 9.94. The van der Waals surface area contributed by atoms with E-state index in [9.17, 15) is 9.59 Å². The second-order valence-electron chi connectivity index (χ2n) is 3.28. The highest BCUT2D eigenvalue weighted by Gasteiger charge is 2.16. The number of carbonyl (C=O) groups is 2. The lowest BCUT2D eigenvalue weighted by molar-refractivity contribution is 0.0597. The van der Waals surface area contributed by atoms with Gasteiger partial charge in [-0.3, -0.25) is 4.79 Å². The molecule has 0 saturated heterocycles. The summed E-state index contributed by atoms with van der Waals surface area (Å²) in [5.74, 6) is -0.281. The first-order chi connectivity index (χ1) is 7.63. The monoisotopic (exact) mass is 240 g/mol. The molecule has 0 saturated carbocycles. The number of halogens is 1. The average molecular weight is 241 g/mol. The summed E-state index contributed by atoms with van der Waals surface area (Å²) in [5, 5.41) is 0. The van der Waals surface area contributed by atoms with Crippen LogP contribution in [0, 0.1) is 0 Å². The quantitative estimate of drug-likeness (QED) is 0.462. The summed E-state index contributed by atoms with van der Waals surface area (Å²) >= 11 is 5.69. The molecule has 0 aliphatic rings. The number of alkyl halides is 1. The van der Waals surface area contributed by atoms with Crippen molar-refractivity contribution in [1.29, 1.82) is 0 Å². The minimum absolute atomic E-state index is 0.0904. The third-order valence-electron chi connectivity index (χ3n) is 2.27. The van der Waals surface area contributed by atoms with Gasteiger partial charge in [-0.1, -0.05) is 13.0 Å². The fraction of sp³-hybridized carbons (Fsp3) is 0.333. The molecule has 0 heterocycles. The molecule has 0 bridgehead atoms. The van der Waals surface area contributed by atoms with Crippen LogP contribution in [0.2, 0.25) is 0 Å². The molecule has 0 spiro atoms. The molecule has 1 aromatic carbocycles. The Morgan fingerprint density at radius 2 is 2.00 bits per heavy atom. The summed E-state index contributed by atoms with van der Waals surface area (Å²) in [7, 11) is 1.29. The molecule has 16 heavy (non-hydrogen) atoms. The lowest BCUT2D eigenvalue weighted by Crippen LogP contribution is -2.10. The van der Waals surface area contributed by atoms with Crippen LogP contribution in [0.5, 0.6) is 0 Å². The van der Waals surface area contributed by atoms with Gasteiger partial charge in [0.15, 0.2) is 5.78 Å². The first-order valence-electron chi connectivity index (χ1n) is 4.94. The van der Waals surface area contributed by atoms with Crippen LogP contribution in [0.25, 0.3) is 0 Å². The number of ketones is 1. The van der Waals surface area contributed by atoms with Crippen molar-refractivity contribution < 1.29 is 14.3 Å². The minimum atomic E-state index is -0.502. The lowest BCUT2D eigenvalue weighted by atomic mass is 9.99. The van der Waals surface area contributed by atoms with E-state index in [0.717, 1.165) is 5.56 Å². The van der Waals surface area contributed by atoms with Crippen molar-refractivity contribution >= 4 is 23.4 Å². The molecule has 3 nitrogen and oxygen atoms in total. The Bertz CT molecular complexity index is 413. The number of hydrogen-bond donors (Lipinski definition) is 0. The molecular weight excluding hydrogens is 228 g/mol. The predicted molar refractivity (Wildman–Crippen MR) is 62.0 cm³/mol. The molecule has 0 radical (unpaired) electrons. The standard InChI is InChI=1S/C12H13ClO3/c1-3-11(14)10-6-8(7-13)4-5-9(10)12(15)16-2/h4-6H,3,7H2,1-2H3. The largest absolute Gasteiger partial charge is 0.465 e. The van der Waals surface area contributed by atoms with Gasteiger partial charge in [-0.05, 0) is 17.7 Å². The van der Waals surface area contributed by atoms with E-state index in [2.05, 4.69) is 4.74 Å². The van der Waals surface area contributed by atoms with Gasteiger partial charge in [0, 0.05) is 17.9 Å². The Balaban J connectivity index is 3.26. The third-order valence-corrected chi connectivity index (χ3v) is 2.57. The van der Waals surface area contributed by atoms with Gasteiger partial charge in [0.2, 0.25) is 0 Å². The van der Waals surface area contributed by atoms with Crippen LogP contribution in [-0.4, -0.2) is 18.9 Å². The van der Waals surface area contributed by atoms with Crippen molar-refractivity contribution in [3.05, 3.63) is 34.9 Å². The van der Waals surface area contributed by atoms with Crippen LogP contribution in [0.4, 0.5) is 0 Å². The second-order valence-corrected chi connectivity index (χ2v) is 3.55. The molecule has 0 aromatic heterocycles. The number of rotatable bonds is 4. The van der Waals surface area contributed by atoms with Gasteiger partial charge in [0.25, 0.3) is 0 Å². The molecule has 0 amide bonds. The highest BCUT2D eigenvalue weighted by Crippen LogP contribution is 2.16. The molecule has 0 fully saturated rings. The SMILES string of the molecule is CCC(=O)c1cc(CCl)ccc1C(=O)OC. The van der Waals surface area contributed by atoms with Crippen molar-refractivity contribution in [3.63, 3.8) is 0 Å². The second kappa shape index (κ2) is 5.66. The van der Waals surface area contributed by atoms with Gasteiger partial charge in [0.1, 0.15) is 0 Å². The molecule has 0 aliphatic heterocycles. The molecule has 0 N–H and O–H groups in total. The summed E-state index contributed by atoms with van der Waals surface area (Å²) in [6, 6.07) is 4.93. The van der Waals surface area contributed by atoms with Crippen molar-refractivity contribution in [1.82, 2.24) is 0 Å². The van der Waals surface area contributed by atoms with Gasteiger partial charge in [-0.25, -0.2) is 4.79 Å². The molecule has 86 valence electrons. The van der Waals surface area contributed by atoms with Gasteiger partial charge in [0.05, 0.1) is 12.7 Å². The van der Waals surface area contributed by atoms with Gasteiger partial charge in [-0.2, -0.15) is 0 Å². The summed E-state index contributed by atoms with van der Waals surface area (Å²) in [5.41, 5.74) is 1.49. The van der Waals surface area contributed by atoms with Crippen LogP contribution < -0.4 is 0 Å². The number of Topliss-reactive ketones (excluding diaryl/α,β-unsaturated/α-hetero) is 1. The molecular formula is C12H13ClO3. The number of ether oxygens (including phenoxy) is 1. The van der Waals surface area contributed by atoms with E-state index in [0.29, 0.717) is 23.4 Å². The topological polar surface area (TPSA) is 43.4 Å². The number of hydrogen-bond acceptors (Lipinski definition) is 3. The summed E-state index contributed by atoms with van der Waals surface area (Å²) < 4.78 is 4.62. The maximum Gasteiger partial charge on any atom is 0.338 e. The van der Waals surface area contributed by atoms with Crippen LogP contribution in [0.1, 0.15) is 39.6 Å². The number of esters is 1. The first kappa shape index (κ1) is 12.7. The van der Waals surface area contributed by atoms with Crippen molar-refractivity contribution in [2.24, 2.45) is 0 Å². The van der Waals surface area contributed by atoms with Gasteiger partial charge >= 0.3 is 5.97 Å². The fourth-order valence-electron chi connectivity index (χ4n) is 1.38.